The molecule has 0 N–H and O–H groups in total. The van der Waals surface area contributed by atoms with Gasteiger partial charge in [-0.05, 0) is 19.4 Å². The molecule has 0 aliphatic heterocycles. The highest BCUT2D eigenvalue weighted by molar-refractivity contribution is 7.04. The van der Waals surface area contributed by atoms with Gasteiger partial charge in [-0.15, -0.1) is 0 Å². The molecule has 0 saturated carbocycles. The number of rotatable bonds is 7. The van der Waals surface area contributed by atoms with Gasteiger partial charge in [0.25, 0.3) is 0 Å². The van der Waals surface area contributed by atoms with Crippen molar-refractivity contribution in [2.24, 2.45) is 0 Å². The summed E-state index contributed by atoms with van der Waals surface area (Å²) < 4.78 is 11.4. The van der Waals surface area contributed by atoms with Crippen molar-refractivity contribution < 1.29 is 14.3 Å². The quantitative estimate of drug-likeness (QED) is 0.720. The molecule has 19 heavy (non-hydrogen) atoms. The van der Waals surface area contributed by atoms with Crippen molar-refractivity contribution in [3.8, 4) is 0 Å². The van der Waals surface area contributed by atoms with E-state index >= 15 is 0 Å². The van der Waals surface area contributed by atoms with Crippen molar-refractivity contribution in [1.29, 1.82) is 0 Å². The highest BCUT2D eigenvalue weighted by Crippen LogP contribution is 2.23. The molecule has 0 spiro atoms. The largest absolute Gasteiger partial charge is 0.378 e. The maximum Gasteiger partial charge on any atom is 0.154 e. The van der Waals surface area contributed by atoms with Crippen LogP contribution in [0.15, 0.2) is 30.3 Å². The first-order valence-electron chi connectivity index (χ1n) is 6.59. The van der Waals surface area contributed by atoms with Crippen molar-refractivity contribution in [3.63, 3.8) is 0 Å². The molecular weight excluding hydrogens is 256 g/mol. The van der Waals surface area contributed by atoms with Gasteiger partial charge in [-0.3, -0.25) is 0 Å². The average Bonchev–Trinajstić information content (AvgIpc) is 2.38. The Bertz CT molecular complexity index is 403. The van der Waals surface area contributed by atoms with E-state index in [4.69, 9.17) is 9.47 Å². The van der Waals surface area contributed by atoms with Crippen molar-refractivity contribution in [1.82, 2.24) is 0 Å². The SMILES string of the molecule is CO[C@@H](c1ccccc1)[C@@H](C)OC[Si](C)(C)C(C)=O. The summed E-state index contributed by atoms with van der Waals surface area (Å²) in [6, 6.07) is 10.0. The van der Waals surface area contributed by atoms with E-state index < -0.39 is 8.07 Å². The molecule has 1 aromatic rings. The molecule has 2 atom stereocenters. The molecule has 3 nitrogen and oxygen atoms in total. The summed E-state index contributed by atoms with van der Waals surface area (Å²) in [5.74, 6) is 0. The van der Waals surface area contributed by atoms with Crippen LogP contribution in [-0.2, 0) is 14.3 Å². The molecule has 0 aliphatic rings. The molecule has 0 radical (unpaired) electrons. The van der Waals surface area contributed by atoms with Crippen LogP contribution in [0.5, 0.6) is 0 Å². The summed E-state index contributed by atoms with van der Waals surface area (Å²) >= 11 is 0. The summed E-state index contributed by atoms with van der Waals surface area (Å²) in [6.45, 7) is 7.72. The van der Waals surface area contributed by atoms with E-state index in [1.54, 1.807) is 14.0 Å². The number of benzene rings is 1. The molecule has 4 heteroatoms. The van der Waals surface area contributed by atoms with Crippen LogP contribution in [0.25, 0.3) is 0 Å². The number of methoxy groups -OCH3 is 1. The Morgan fingerprint density at radius 1 is 1.26 bits per heavy atom. The van der Waals surface area contributed by atoms with Crippen LogP contribution >= 0.6 is 0 Å². The summed E-state index contributed by atoms with van der Waals surface area (Å²) in [4.78, 5) is 11.5. The van der Waals surface area contributed by atoms with Gasteiger partial charge in [0.1, 0.15) is 11.5 Å². The lowest BCUT2D eigenvalue weighted by Gasteiger charge is -2.27. The molecule has 0 aliphatic carbocycles. The van der Waals surface area contributed by atoms with E-state index in [0.29, 0.717) is 6.23 Å². The van der Waals surface area contributed by atoms with Crippen LogP contribution < -0.4 is 0 Å². The van der Waals surface area contributed by atoms with Crippen molar-refractivity contribution >= 4 is 13.5 Å². The Labute approximate surface area is 116 Å². The van der Waals surface area contributed by atoms with E-state index in [9.17, 15) is 4.79 Å². The number of hydrogen-bond donors (Lipinski definition) is 0. The minimum Gasteiger partial charge on any atom is -0.378 e. The zero-order valence-electron chi connectivity index (χ0n) is 12.5. The van der Waals surface area contributed by atoms with Gasteiger partial charge in [0.05, 0.1) is 6.10 Å². The number of ether oxygens (including phenoxy) is 2. The molecule has 1 aromatic carbocycles. The molecule has 1 rings (SSSR count). The third-order valence-corrected chi connectivity index (χ3v) is 6.26. The van der Waals surface area contributed by atoms with Crippen LogP contribution in [0.1, 0.15) is 25.5 Å². The number of hydrogen-bond acceptors (Lipinski definition) is 3. The van der Waals surface area contributed by atoms with Crippen molar-refractivity contribution in [2.75, 3.05) is 13.3 Å². The third-order valence-electron chi connectivity index (χ3n) is 3.47. The van der Waals surface area contributed by atoms with Gasteiger partial charge >= 0.3 is 0 Å². The van der Waals surface area contributed by atoms with Gasteiger partial charge in [-0.1, -0.05) is 43.4 Å². The minimum atomic E-state index is -1.92. The molecule has 0 heterocycles. The fourth-order valence-electron chi connectivity index (χ4n) is 1.77. The van der Waals surface area contributed by atoms with Gasteiger partial charge in [0, 0.05) is 13.3 Å². The van der Waals surface area contributed by atoms with Gasteiger partial charge < -0.3 is 14.3 Å². The lowest BCUT2D eigenvalue weighted by Crippen LogP contribution is -2.43. The Morgan fingerprint density at radius 3 is 2.32 bits per heavy atom. The van der Waals surface area contributed by atoms with Crippen LogP contribution in [0.2, 0.25) is 13.1 Å². The normalized spacial score (nSPS) is 15.0. The molecule has 0 aromatic heterocycles. The molecule has 0 unspecified atom stereocenters. The Morgan fingerprint density at radius 2 is 1.84 bits per heavy atom. The van der Waals surface area contributed by atoms with E-state index in [1.807, 2.05) is 50.3 Å². The zero-order valence-corrected chi connectivity index (χ0v) is 13.5. The summed E-state index contributed by atoms with van der Waals surface area (Å²) in [7, 11) is -0.234. The van der Waals surface area contributed by atoms with Gasteiger partial charge in [0.15, 0.2) is 8.07 Å². The van der Waals surface area contributed by atoms with Crippen LogP contribution in [0.3, 0.4) is 0 Å². The number of carbonyl (C=O) groups is 1. The Hall–Kier alpha value is -0.973. The molecule has 0 saturated heterocycles. The summed E-state index contributed by atoms with van der Waals surface area (Å²) in [6.07, 6.45) is 0.368. The molecule has 0 bridgehead atoms. The monoisotopic (exact) mass is 280 g/mol. The molecule has 0 amide bonds. The number of carbonyl (C=O) groups excluding carboxylic acids is 1. The zero-order chi connectivity index (χ0) is 14.5. The second-order valence-corrected chi connectivity index (χ2v) is 10.3. The van der Waals surface area contributed by atoms with Gasteiger partial charge in [-0.2, -0.15) is 0 Å². The van der Waals surface area contributed by atoms with E-state index in [2.05, 4.69) is 0 Å². The second kappa shape index (κ2) is 6.98. The first-order valence-corrected chi connectivity index (χ1v) is 9.79. The maximum atomic E-state index is 11.5. The lowest BCUT2D eigenvalue weighted by atomic mass is 10.1. The smallest absolute Gasteiger partial charge is 0.154 e. The van der Waals surface area contributed by atoms with E-state index in [0.717, 1.165) is 5.56 Å². The standard InChI is InChI=1S/C15H24O3Si/c1-12(18-11-19(4,5)13(2)16)15(17-3)14-9-7-6-8-10-14/h6-10,12,15H,11H2,1-5H3/t12-,15-/m1/s1. The van der Waals surface area contributed by atoms with Gasteiger partial charge in [-0.25, -0.2) is 0 Å². The highest BCUT2D eigenvalue weighted by Gasteiger charge is 2.29. The predicted molar refractivity (Wildman–Crippen MR) is 79.8 cm³/mol. The van der Waals surface area contributed by atoms with Crippen LogP contribution in [0.4, 0.5) is 0 Å². The fraction of sp³-hybridized carbons (Fsp3) is 0.533. The topological polar surface area (TPSA) is 35.5 Å². The summed E-state index contributed by atoms with van der Waals surface area (Å²) in [5.41, 5.74) is 1.10. The molecule has 106 valence electrons. The third kappa shape index (κ3) is 4.56. The molecular formula is C15H24O3Si. The van der Waals surface area contributed by atoms with E-state index in [1.165, 1.54) is 0 Å². The van der Waals surface area contributed by atoms with Gasteiger partial charge in [0.2, 0.25) is 0 Å². The van der Waals surface area contributed by atoms with Crippen molar-refractivity contribution in [3.05, 3.63) is 35.9 Å². The van der Waals surface area contributed by atoms with Crippen LogP contribution in [0, 0.1) is 0 Å². The average molecular weight is 280 g/mol. The van der Waals surface area contributed by atoms with Crippen molar-refractivity contribution in [2.45, 2.75) is 39.1 Å². The second-order valence-electron chi connectivity index (χ2n) is 5.52. The first-order chi connectivity index (χ1) is 8.88. The lowest BCUT2D eigenvalue weighted by molar-refractivity contribution is -0.111. The Kier molecular flexibility index (Phi) is 5.91. The predicted octanol–water partition coefficient (Wildman–Crippen LogP) is 3.16. The Balaban J connectivity index is 2.66. The summed E-state index contributed by atoms with van der Waals surface area (Å²) in [5, 5.41) is 0.272. The van der Waals surface area contributed by atoms with Crippen LogP contribution in [-0.4, -0.2) is 32.9 Å². The highest BCUT2D eigenvalue weighted by atomic mass is 28.3. The first kappa shape index (κ1) is 16.1. The van der Waals surface area contributed by atoms with E-state index in [-0.39, 0.29) is 17.6 Å². The maximum absolute atomic E-state index is 11.5. The fourth-order valence-corrected chi connectivity index (χ4v) is 2.65. The molecule has 0 fully saturated rings. The minimum absolute atomic E-state index is 0.0708.